The Morgan fingerprint density at radius 2 is 2.08 bits per heavy atom. The molecule has 4 rings (SSSR count). The summed E-state index contributed by atoms with van der Waals surface area (Å²) in [4.78, 5) is 21.8. The minimum absolute atomic E-state index is 0.0140. The average Bonchev–Trinajstić information content (AvgIpc) is 3.16. The van der Waals surface area contributed by atoms with Gasteiger partial charge >= 0.3 is 5.69 Å². The summed E-state index contributed by atoms with van der Waals surface area (Å²) in [6.07, 6.45) is 4.09. The number of amidine groups is 1. The second kappa shape index (κ2) is 10.9. The number of aryl methyl sites for hydroxylation is 1. The lowest BCUT2D eigenvalue weighted by atomic mass is 9.90. The third-order valence-corrected chi connectivity index (χ3v) is 7.88. The van der Waals surface area contributed by atoms with Crippen LogP contribution in [-0.4, -0.2) is 56.2 Å². The number of nitrogens with one attached hydrogen (secondary N) is 2. The summed E-state index contributed by atoms with van der Waals surface area (Å²) in [6.45, 7) is 9.48. The maximum absolute atomic E-state index is 13.1. The number of likely N-dealkylation sites (tertiary alicyclic amines) is 1. The SMILES string of the molecule is CCC(C)(C)Cn1c(=O)n(C)c2nc(-c3cc(CN4CCCC(C(=N)N(C)C=N)C4)ccc3C#N)ccc21. The molecular weight excluding hydrogens is 476 g/mol. The van der Waals surface area contributed by atoms with Gasteiger partial charge in [-0.15, -0.1) is 0 Å². The molecule has 1 unspecified atom stereocenters. The molecule has 1 aliphatic heterocycles. The first-order chi connectivity index (χ1) is 18.1. The Labute approximate surface area is 224 Å². The van der Waals surface area contributed by atoms with Crippen LogP contribution in [0.1, 0.15) is 51.2 Å². The molecule has 2 N–H and O–H groups in total. The van der Waals surface area contributed by atoms with Crippen LogP contribution < -0.4 is 5.69 Å². The van der Waals surface area contributed by atoms with Crippen molar-refractivity contribution in [1.29, 1.82) is 16.1 Å². The number of pyridine rings is 1. The summed E-state index contributed by atoms with van der Waals surface area (Å²) >= 11 is 0. The van der Waals surface area contributed by atoms with Crippen molar-refractivity contribution < 1.29 is 0 Å². The lowest BCUT2D eigenvalue weighted by Crippen LogP contribution is -2.42. The number of nitriles is 1. The van der Waals surface area contributed by atoms with E-state index in [0.717, 1.165) is 49.0 Å². The van der Waals surface area contributed by atoms with Gasteiger partial charge in [-0.3, -0.25) is 24.9 Å². The predicted molar refractivity (Wildman–Crippen MR) is 151 cm³/mol. The molecule has 1 fully saturated rings. The van der Waals surface area contributed by atoms with Crippen LogP contribution in [0.2, 0.25) is 0 Å². The number of hydrogen-bond acceptors (Lipinski definition) is 6. The van der Waals surface area contributed by atoms with Crippen LogP contribution in [0.25, 0.3) is 22.4 Å². The van der Waals surface area contributed by atoms with Crippen LogP contribution in [0, 0.1) is 33.5 Å². The van der Waals surface area contributed by atoms with E-state index in [0.29, 0.717) is 35.8 Å². The number of aromatic nitrogens is 3. The van der Waals surface area contributed by atoms with Crippen molar-refractivity contribution in [2.24, 2.45) is 18.4 Å². The highest BCUT2D eigenvalue weighted by molar-refractivity contribution is 5.90. The van der Waals surface area contributed by atoms with Crippen molar-refractivity contribution in [3.8, 4) is 17.3 Å². The van der Waals surface area contributed by atoms with Crippen LogP contribution in [0.5, 0.6) is 0 Å². The quantitative estimate of drug-likeness (QED) is 0.340. The molecule has 38 heavy (non-hydrogen) atoms. The van der Waals surface area contributed by atoms with E-state index in [1.54, 1.807) is 28.1 Å². The minimum Gasteiger partial charge on any atom is -0.325 e. The standard InChI is InChI=1S/C29H38N8O/c1-6-29(2,3)18-37-25-12-11-24(33-27(25)35(5)28(37)38)23-14-20(9-10-21(23)15-30)16-36-13-7-8-22(17-36)26(32)34(4)19-31/h9-12,14,19,22,31-32H,6-8,13,16-18H2,1-5H3. The molecule has 1 saturated heterocycles. The van der Waals surface area contributed by atoms with Crippen molar-refractivity contribution >= 4 is 23.3 Å². The van der Waals surface area contributed by atoms with E-state index in [9.17, 15) is 10.1 Å². The third kappa shape index (κ3) is 5.41. The van der Waals surface area contributed by atoms with E-state index >= 15 is 0 Å². The van der Waals surface area contributed by atoms with E-state index in [-0.39, 0.29) is 17.0 Å². The Hall–Kier alpha value is -3.77. The molecule has 0 saturated carbocycles. The smallest absolute Gasteiger partial charge is 0.325 e. The van der Waals surface area contributed by atoms with Gasteiger partial charge in [-0.05, 0) is 61.1 Å². The van der Waals surface area contributed by atoms with Gasteiger partial charge in [0.1, 0.15) is 5.84 Å². The zero-order chi connectivity index (χ0) is 27.6. The summed E-state index contributed by atoms with van der Waals surface area (Å²) in [6, 6.07) is 12.0. The van der Waals surface area contributed by atoms with E-state index in [1.807, 2.05) is 30.3 Å². The normalized spacial score (nSPS) is 16.4. The number of imidazole rings is 1. The van der Waals surface area contributed by atoms with Gasteiger partial charge in [-0.1, -0.05) is 26.8 Å². The maximum Gasteiger partial charge on any atom is 0.330 e. The summed E-state index contributed by atoms with van der Waals surface area (Å²) < 4.78 is 3.39. The Morgan fingerprint density at radius 3 is 2.76 bits per heavy atom. The van der Waals surface area contributed by atoms with Gasteiger partial charge in [-0.25, -0.2) is 9.78 Å². The fourth-order valence-electron chi connectivity index (χ4n) is 5.15. The number of piperidine rings is 1. The zero-order valence-corrected chi connectivity index (χ0v) is 23.1. The van der Waals surface area contributed by atoms with Gasteiger partial charge in [0.15, 0.2) is 5.65 Å². The highest BCUT2D eigenvalue weighted by Gasteiger charge is 2.26. The van der Waals surface area contributed by atoms with Gasteiger partial charge in [0.2, 0.25) is 0 Å². The Morgan fingerprint density at radius 1 is 1.32 bits per heavy atom. The van der Waals surface area contributed by atoms with Crippen molar-refractivity contribution in [2.75, 3.05) is 20.1 Å². The molecule has 3 aromatic rings. The molecule has 9 nitrogen and oxygen atoms in total. The number of nitrogens with zero attached hydrogens (tertiary/aromatic N) is 6. The molecule has 3 heterocycles. The molecule has 2 aromatic heterocycles. The summed E-state index contributed by atoms with van der Waals surface area (Å²) in [5, 5.41) is 25.7. The minimum atomic E-state index is -0.0840. The Bertz CT molecular complexity index is 1460. The molecule has 200 valence electrons. The van der Waals surface area contributed by atoms with E-state index in [2.05, 4.69) is 31.7 Å². The monoisotopic (exact) mass is 514 g/mol. The molecule has 1 aliphatic rings. The molecule has 1 aromatic carbocycles. The molecule has 0 spiro atoms. The van der Waals surface area contributed by atoms with Crippen LogP contribution in [0.15, 0.2) is 35.1 Å². The highest BCUT2D eigenvalue weighted by atomic mass is 16.1. The Balaban J connectivity index is 1.65. The molecule has 0 aliphatic carbocycles. The zero-order valence-electron chi connectivity index (χ0n) is 23.1. The second-order valence-corrected chi connectivity index (χ2v) is 11.2. The first-order valence-corrected chi connectivity index (χ1v) is 13.2. The predicted octanol–water partition coefficient (Wildman–Crippen LogP) is 4.44. The van der Waals surface area contributed by atoms with Crippen molar-refractivity contribution in [2.45, 2.75) is 53.1 Å². The fourth-order valence-corrected chi connectivity index (χ4v) is 5.15. The number of rotatable bonds is 8. The molecule has 9 heteroatoms. The molecule has 0 amide bonds. The van der Waals surface area contributed by atoms with Gasteiger partial charge in [0.25, 0.3) is 0 Å². The van der Waals surface area contributed by atoms with E-state index in [1.165, 1.54) is 6.34 Å². The summed E-state index contributed by atoms with van der Waals surface area (Å²) in [5.41, 5.74) is 4.36. The largest absolute Gasteiger partial charge is 0.330 e. The lowest BCUT2D eigenvalue weighted by Gasteiger charge is -2.34. The number of benzene rings is 1. The molecule has 0 radical (unpaired) electrons. The fraction of sp³-hybridized carbons (Fsp3) is 0.483. The van der Waals surface area contributed by atoms with Crippen molar-refractivity contribution in [1.82, 2.24) is 23.9 Å². The van der Waals surface area contributed by atoms with Gasteiger partial charge in [-0.2, -0.15) is 5.26 Å². The van der Waals surface area contributed by atoms with E-state index < -0.39 is 0 Å². The van der Waals surface area contributed by atoms with Crippen LogP contribution in [0.3, 0.4) is 0 Å². The Kier molecular flexibility index (Phi) is 7.83. The van der Waals surface area contributed by atoms with Gasteiger partial charge in [0, 0.05) is 45.2 Å². The molecule has 1 atom stereocenters. The van der Waals surface area contributed by atoms with Crippen LogP contribution in [-0.2, 0) is 20.1 Å². The summed E-state index contributed by atoms with van der Waals surface area (Å²) in [7, 11) is 3.50. The van der Waals surface area contributed by atoms with Gasteiger partial charge < -0.3 is 4.90 Å². The molecule has 0 bridgehead atoms. The number of fused-ring (bicyclic) bond motifs is 1. The van der Waals surface area contributed by atoms with Gasteiger partial charge in [0.05, 0.1) is 29.2 Å². The first-order valence-electron chi connectivity index (χ1n) is 13.2. The van der Waals surface area contributed by atoms with Crippen LogP contribution in [0.4, 0.5) is 0 Å². The van der Waals surface area contributed by atoms with Crippen LogP contribution >= 0.6 is 0 Å². The molecular formula is C29H38N8O. The van der Waals surface area contributed by atoms with E-state index in [4.69, 9.17) is 15.8 Å². The highest BCUT2D eigenvalue weighted by Crippen LogP contribution is 2.28. The lowest BCUT2D eigenvalue weighted by molar-refractivity contribution is 0.192. The topological polar surface area (TPSA) is 118 Å². The average molecular weight is 515 g/mol. The summed E-state index contributed by atoms with van der Waals surface area (Å²) in [5.74, 6) is 0.572. The maximum atomic E-state index is 13.1. The first kappa shape index (κ1) is 27.3. The second-order valence-electron chi connectivity index (χ2n) is 11.2. The van der Waals surface area contributed by atoms with Crippen molar-refractivity contribution in [3.63, 3.8) is 0 Å². The number of hydrogen-bond donors (Lipinski definition) is 2. The van der Waals surface area contributed by atoms with Crippen molar-refractivity contribution in [3.05, 3.63) is 51.9 Å². The third-order valence-electron chi connectivity index (χ3n) is 7.88.